The van der Waals surface area contributed by atoms with Crippen LogP contribution in [0, 0.1) is 11.8 Å². The van der Waals surface area contributed by atoms with E-state index in [2.05, 4.69) is 36.3 Å². The summed E-state index contributed by atoms with van der Waals surface area (Å²) in [7, 11) is 0. The molecule has 2 heteroatoms. The highest BCUT2D eigenvalue weighted by Gasteiger charge is 2.23. The van der Waals surface area contributed by atoms with Gasteiger partial charge < -0.3 is 5.32 Å². The van der Waals surface area contributed by atoms with Gasteiger partial charge in [-0.2, -0.15) is 0 Å². The van der Waals surface area contributed by atoms with E-state index in [1.54, 1.807) is 0 Å². The largest absolute Gasteiger partial charge is 0.314 e. The smallest absolute Gasteiger partial charge is 0.0416 e. The van der Waals surface area contributed by atoms with Crippen LogP contribution in [-0.2, 0) is 6.42 Å². The zero-order valence-electron chi connectivity index (χ0n) is 11.7. The van der Waals surface area contributed by atoms with Crippen LogP contribution in [0.25, 0.3) is 0 Å². The first-order valence-corrected chi connectivity index (χ1v) is 7.39. The van der Waals surface area contributed by atoms with E-state index in [4.69, 9.17) is 0 Å². The summed E-state index contributed by atoms with van der Waals surface area (Å²) in [4.78, 5) is 4.36. The average Bonchev–Trinajstić information content (AvgIpc) is 2.40. The minimum Gasteiger partial charge on any atom is -0.314 e. The van der Waals surface area contributed by atoms with Gasteiger partial charge in [-0.15, -0.1) is 0 Å². The van der Waals surface area contributed by atoms with Crippen molar-refractivity contribution in [2.75, 3.05) is 6.54 Å². The predicted molar refractivity (Wildman–Crippen MR) is 76.5 cm³/mol. The van der Waals surface area contributed by atoms with E-state index in [1.807, 2.05) is 12.3 Å². The first kappa shape index (κ1) is 13.5. The van der Waals surface area contributed by atoms with Gasteiger partial charge in [0.2, 0.25) is 0 Å². The summed E-state index contributed by atoms with van der Waals surface area (Å²) in [5.74, 6) is 1.76. The van der Waals surface area contributed by atoms with Gasteiger partial charge in [-0.05, 0) is 36.8 Å². The second kappa shape index (κ2) is 6.89. The summed E-state index contributed by atoms with van der Waals surface area (Å²) < 4.78 is 0. The molecule has 1 aromatic heterocycles. The van der Waals surface area contributed by atoms with Crippen LogP contribution >= 0.6 is 0 Å². The van der Waals surface area contributed by atoms with Crippen molar-refractivity contribution in [1.82, 2.24) is 10.3 Å². The third-order valence-corrected chi connectivity index (χ3v) is 4.20. The van der Waals surface area contributed by atoms with Crippen LogP contribution in [0.5, 0.6) is 0 Å². The maximum Gasteiger partial charge on any atom is 0.0416 e. The molecule has 1 fully saturated rings. The molecule has 18 heavy (non-hydrogen) atoms. The van der Waals surface area contributed by atoms with Crippen LogP contribution in [0.15, 0.2) is 24.4 Å². The molecule has 0 aromatic carbocycles. The molecular weight excluding hydrogens is 220 g/mol. The summed E-state index contributed by atoms with van der Waals surface area (Å²) in [6.07, 6.45) is 8.46. The fraction of sp³-hybridized carbons (Fsp3) is 0.688. The van der Waals surface area contributed by atoms with E-state index in [-0.39, 0.29) is 0 Å². The van der Waals surface area contributed by atoms with Crippen molar-refractivity contribution in [3.05, 3.63) is 30.1 Å². The first-order valence-electron chi connectivity index (χ1n) is 7.39. The van der Waals surface area contributed by atoms with Crippen molar-refractivity contribution >= 4 is 0 Å². The zero-order valence-corrected chi connectivity index (χ0v) is 11.7. The van der Waals surface area contributed by atoms with Crippen LogP contribution in [0.1, 0.15) is 45.2 Å². The van der Waals surface area contributed by atoms with Crippen LogP contribution < -0.4 is 5.32 Å². The van der Waals surface area contributed by atoms with Crippen LogP contribution in [0.3, 0.4) is 0 Å². The van der Waals surface area contributed by atoms with E-state index in [0.29, 0.717) is 0 Å². The molecule has 1 aromatic rings. The fourth-order valence-electron chi connectivity index (χ4n) is 2.97. The van der Waals surface area contributed by atoms with Crippen molar-refractivity contribution in [3.63, 3.8) is 0 Å². The van der Waals surface area contributed by atoms with Gasteiger partial charge in [0, 0.05) is 30.9 Å². The Bertz CT molecular complexity index is 334. The SMILES string of the molecule is CC(C)C1CCCC(NCCc2ccccn2)C1. The maximum absolute atomic E-state index is 4.36. The lowest BCUT2D eigenvalue weighted by Gasteiger charge is -2.32. The van der Waals surface area contributed by atoms with Crippen LogP contribution in [-0.4, -0.2) is 17.6 Å². The number of rotatable bonds is 5. The molecule has 1 N–H and O–H groups in total. The number of nitrogens with one attached hydrogen (secondary N) is 1. The maximum atomic E-state index is 4.36. The highest BCUT2D eigenvalue weighted by atomic mass is 14.9. The van der Waals surface area contributed by atoms with Gasteiger partial charge in [-0.1, -0.05) is 32.8 Å². The number of aromatic nitrogens is 1. The number of hydrogen-bond donors (Lipinski definition) is 1. The van der Waals surface area contributed by atoms with Gasteiger partial charge in [-0.3, -0.25) is 4.98 Å². The topological polar surface area (TPSA) is 24.9 Å². The van der Waals surface area contributed by atoms with Crippen molar-refractivity contribution in [3.8, 4) is 0 Å². The van der Waals surface area contributed by atoms with E-state index < -0.39 is 0 Å². The van der Waals surface area contributed by atoms with Gasteiger partial charge in [0.15, 0.2) is 0 Å². The van der Waals surface area contributed by atoms with E-state index in [1.165, 1.54) is 31.4 Å². The molecule has 1 aliphatic carbocycles. The monoisotopic (exact) mass is 246 g/mol. The molecule has 2 nitrogen and oxygen atoms in total. The second-order valence-electron chi connectivity index (χ2n) is 5.89. The van der Waals surface area contributed by atoms with Gasteiger partial charge in [0.05, 0.1) is 0 Å². The minimum atomic E-state index is 0.731. The molecule has 0 bridgehead atoms. The molecule has 0 amide bonds. The van der Waals surface area contributed by atoms with E-state index in [9.17, 15) is 0 Å². The summed E-state index contributed by atoms with van der Waals surface area (Å²) in [6, 6.07) is 6.89. The number of hydrogen-bond acceptors (Lipinski definition) is 2. The lowest BCUT2D eigenvalue weighted by molar-refractivity contribution is 0.232. The number of nitrogens with zero attached hydrogens (tertiary/aromatic N) is 1. The average molecular weight is 246 g/mol. The standard InChI is InChI=1S/C16H26N2/c1-13(2)14-6-5-8-16(12-14)18-11-9-15-7-3-4-10-17-15/h3-4,7,10,13-14,16,18H,5-6,8-9,11-12H2,1-2H3. The van der Waals surface area contributed by atoms with Gasteiger partial charge in [-0.25, -0.2) is 0 Å². The Labute approximate surface area is 111 Å². The molecule has 2 atom stereocenters. The van der Waals surface area contributed by atoms with Gasteiger partial charge in [0.1, 0.15) is 0 Å². The predicted octanol–water partition coefficient (Wildman–Crippen LogP) is 3.43. The molecule has 1 heterocycles. The van der Waals surface area contributed by atoms with Crippen LogP contribution in [0.4, 0.5) is 0 Å². The molecule has 0 saturated heterocycles. The molecule has 0 spiro atoms. The third-order valence-electron chi connectivity index (χ3n) is 4.20. The highest BCUT2D eigenvalue weighted by molar-refractivity contribution is 5.03. The quantitative estimate of drug-likeness (QED) is 0.861. The van der Waals surface area contributed by atoms with Gasteiger partial charge in [0.25, 0.3) is 0 Å². The van der Waals surface area contributed by atoms with Crippen molar-refractivity contribution < 1.29 is 0 Å². The lowest BCUT2D eigenvalue weighted by atomic mass is 9.79. The Kier molecular flexibility index (Phi) is 5.18. The van der Waals surface area contributed by atoms with Crippen molar-refractivity contribution in [2.24, 2.45) is 11.8 Å². The Morgan fingerprint density at radius 3 is 2.94 bits per heavy atom. The molecule has 2 rings (SSSR count). The van der Waals surface area contributed by atoms with Crippen LogP contribution in [0.2, 0.25) is 0 Å². The zero-order chi connectivity index (χ0) is 12.8. The molecule has 2 unspecified atom stereocenters. The third kappa shape index (κ3) is 4.09. The normalized spacial score (nSPS) is 24.4. The Balaban J connectivity index is 1.70. The fourth-order valence-corrected chi connectivity index (χ4v) is 2.97. The van der Waals surface area contributed by atoms with Gasteiger partial charge >= 0.3 is 0 Å². The molecule has 100 valence electrons. The molecule has 0 aliphatic heterocycles. The molecule has 1 aliphatic rings. The summed E-state index contributed by atoms with van der Waals surface area (Å²) in [6.45, 7) is 5.79. The molecular formula is C16H26N2. The first-order chi connectivity index (χ1) is 8.75. The Morgan fingerprint density at radius 1 is 1.33 bits per heavy atom. The molecule has 1 saturated carbocycles. The van der Waals surface area contributed by atoms with E-state index in [0.717, 1.165) is 30.8 Å². The highest BCUT2D eigenvalue weighted by Crippen LogP contribution is 2.29. The Hall–Kier alpha value is -0.890. The summed E-state index contributed by atoms with van der Waals surface area (Å²) >= 11 is 0. The molecule has 0 radical (unpaired) electrons. The lowest BCUT2D eigenvalue weighted by Crippen LogP contribution is -2.36. The van der Waals surface area contributed by atoms with E-state index >= 15 is 0 Å². The van der Waals surface area contributed by atoms with Crippen molar-refractivity contribution in [2.45, 2.75) is 52.0 Å². The van der Waals surface area contributed by atoms with Crippen molar-refractivity contribution in [1.29, 1.82) is 0 Å². The second-order valence-corrected chi connectivity index (χ2v) is 5.89. The number of pyridine rings is 1. The summed E-state index contributed by atoms with van der Waals surface area (Å²) in [5.41, 5.74) is 1.20. The Morgan fingerprint density at radius 2 is 2.22 bits per heavy atom. The minimum absolute atomic E-state index is 0.731. The summed E-state index contributed by atoms with van der Waals surface area (Å²) in [5, 5.41) is 3.71.